The fourth-order valence-corrected chi connectivity index (χ4v) is 0.481. The minimum atomic E-state index is -0.204. The lowest BCUT2D eigenvalue weighted by Gasteiger charge is -2.14. The molecule has 52 valence electrons. The molecule has 0 aliphatic heterocycles. The molecule has 0 radical (unpaired) electrons. The average Bonchev–Trinajstić information content (AvgIpc) is 1.80. The van der Waals surface area contributed by atoms with Crippen molar-refractivity contribution in [2.24, 2.45) is 5.41 Å². The van der Waals surface area contributed by atoms with Crippen LogP contribution in [0.25, 0.3) is 0 Å². The summed E-state index contributed by atoms with van der Waals surface area (Å²) in [6.45, 7) is 5.71. The van der Waals surface area contributed by atoms with Crippen LogP contribution in [0.2, 0.25) is 0 Å². The Labute approximate surface area is 61.4 Å². The van der Waals surface area contributed by atoms with Crippen molar-refractivity contribution in [1.29, 1.82) is 10.5 Å². The van der Waals surface area contributed by atoms with Gasteiger partial charge in [0.25, 0.3) is 0 Å². The molecule has 0 spiro atoms. The number of allylic oxidation sites excluding steroid dienone is 2. The lowest BCUT2D eigenvalue weighted by atomic mass is 9.87. The minimum absolute atomic E-state index is 0.204. The van der Waals surface area contributed by atoms with Crippen molar-refractivity contribution in [3.8, 4) is 12.1 Å². The van der Waals surface area contributed by atoms with Crippen molar-refractivity contribution in [3.05, 3.63) is 11.6 Å². The molecule has 10 heavy (non-hydrogen) atoms. The minimum Gasteiger partial charge on any atom is -0.193 e. The lowest BCUT2D eigenvalue weighted by Crippen LogP contribution is -2.07. The van der Waals surface area contributed by atoms with Crippen LogP contribution in [0.4, 0.5) is 0 Å². The number of hydrogen-bond acceptors (Lipinski definition) is 2. The summed E-state index contributed by atoms with van der Waals surface area (Å²) in [5, 5.41) is 16.8. The molecule has 0 bridgehead atoms. The maximum atomic E-state index is 8.52. The summed E-state index contributed by atoms with van der Waals surface area (Å²) < 4.78 is 0. The van der Waals surface area contributed by atoms with Crippen molar-refractivity contribution in [2.45, 2.75) is 20.8 Å². The van der Waals surface area contributed by atoms with E-state index >= 15 is 0 Å². The van der Waals surface area contributed by atoms with Gasteiger partial charge in [-0.15, -0.1) is 0 Å². The second-order valence-electron chi connectivity index (χ2n) is 3.05. The van der Waals surface area contributed by atoms with Crippen LogP contribution in [0.15, 0.2) is 11.6 Å². The van der Waals surface area contributed by atoms with Crippen LogP contribution in [0.5, 0.6) is 0 Å². The number of nitriles is 2. The fraction of sp³-hybridized carbons (Fsp3) is 0.500. The number of hydrogen-bond donors (Lipinski definition) is 0. The van der Waals surface area contributed by atoms with Gasteiger partial charge in [0.15, 0.2) is 0 Å². The topological polar surface area (TPSA) is 47.6 Å². The SMILES string of the molecule is CC(C)(C)C(C#N)=CC#N. The maximum absolute atomic E-state index is 8.52. The first-order valence-corrected chi connectivity index (χ1v) is 3.02. The van der Waals surface area contributed by atoms with Crippen molar-refractivity contribution in [1.82, 2.24) is 0 Å². The van der Waals surface area contributed by atoms with Crippen LogP contribution in [-0.4, -0.2) is 0 Å². The third-order valence-electron chi connectivity index (χ3n) is 1.14. The van der Waals surface area contributed by atoms with Crippen LogP contribution < -0.4 is 0 Å². The molecule has 0 amide bonds. The molecule has 2 nitrogen and oxygen atoms in total. The molecule has 0 aromatic rings. The molecule has 0 N–H and O–H groups in total. The molecule has 0 rings (SSSR count). The molecule has 0 aliphatic carbocycles. The van der Waals surface area contributed by atoms with E-state index in [0.717, 1.165) is 0 Å². The van der Waals surface area contributed by atoms with Crippen LogP contribution in [0.3, 0.4) is 0 Å². The summed E-state index contributed by atoms with van der Waals surface area (Å²) in [6, 6.07) is 3.82. The Morgan fingerprint density at radius 2 is 1.80 bits per heavy atom. The Hall–Kier alpha value is -1.28. The van der Waals surface area contributed by atoms with Crippen LogP contribution in [0.1, 0.15) is 20.8 Å². The third kappa shape index (κ3) is 2.33. The van der Waals surface area contributed by atoms with E-state index in [4.69, 9.17) is 10.5 Å². The summed E-state index contributed by atoms with van der Waals surface area (Å²) in [5.41, 5.74) is 0.319. The van der Waals surface area contributed by atoms with E-state index in [1.807, 2.05) is 32.9 Å². The third-order valence-corrected chi connectivity index (χ3v) is 1.14. The first kappa shape index (κ1) is 8.72. The molecular weight excluding hydrogens is 124 g/mol. The molecule has 0 fully saturated rings. The normalized spacial score (nSPS) is 11.9. The molecule has 0 aromatic carbocycles. The van der Waals surface area contributed by atoms with Gasteiger partial charge in [-0.2, -0.15) is 10.5 Å². The van der Waals surface area contributed by atoms with Crippen molar-refractivity contribution in [2.75, 3.05) is 0 Å². The van der Waals surface area contributed by atoms with Crippen LogP contribution >= 0.6 is 0 Å². The highest BCUT2D eigenvalue weighted by Gasteiger charge is 2.15. The number of nitrogens with zero attached hydrogens (tertiary/aromatic N) is 2. The summed E-state index contributed by atoms with van der Waals surface area (Å²) >= 11 is 0. The average molecular weight is 134 g/mol. The Morgan fingerprint density at radius 1 is 1.30 bits per heavy atom. The number of rotatable bonds is 0. The Bertz CT molecular complexity index is 217. The van der Waals surface area contributed by atoms with Crippen LogP contribution in [-0.2, 0) is 0 Å². The standard InChI is InChI=1S/C8H10N2/c1-8(2,3)7(6-10)4-5-9/h4H,1-3H3. The van der Waals surface area contributed by atoms with E-state index in [2.05, 4.69) is 0 Å². The predicted octanol–water partition coefficient (Wildman–Crippen LogP) is 2.01. The van der Waals surface area contributed by atoms with Gasteiger partial charge < -0.3 is 0 Å². The summed E-state index contributed by atoms with van der Waals surface area (Å²) in [6.07, 6.45) is 1.29. The Morgan fingerprint density at radius 3 is 1.90 bits per heavy atom. The predicted molar refractivity (Wildman–Crippen MR) is 38.8 cm³/mol. The highest BCUT2D eigenvalue weighted by atomic mass is 14.3. The van der Waals surface area contributed by atoms with E-state index in [1.54, 1.807) is 0 Å². The second-order valence-corrected chi connectivity index (χ2v) is 3.05. The second kappa shape index (κ2) is 3.03. The van der Waals surface area contributed by atoms with E-state index < -0.39 is 0 Å². The maximum Gasteiger partial charge on any atom is 0.0960 e. The van der Waals surface area contributed by atoms with Gasteiger partial charge in [-0.25, -0.2) is 0 Å². The van der Waals surface area contributed by atoms with Crippen LogP contribution in [0, 0.1) is 28.1 Å². The first-order chi connectivity index (χ1) is 4.52. The van der Waals surface area contributed by atoms with Gasteiger partial charge >= 0.3 is 0 Å². The Balaban J connectivity index is 4.62. The van der Waals surface area contributed by atoms with Gasteiger partial charge in [0.2, 0.25) is 0 Å². The van der Waals surface area contributed by atoms with Gasteiger partial charge in [-0.3, -0.25) is 0 Å². The largest absolute Gasteiger partial charge is 0.193 e. The highest BCUT2D eigenvalue weighted by Crippen LogP contribution is 2.23. The zero-order chi connectivity index (χ0) is 8.20. The zero-order valence-corrected chi connectivity index (χ0v) is 6.47. The molecule has 0 aromatic heterocycles. The van der Waals surface area contributed by atoms with Gasteiger partial charge in [-0.1, -0.05) is 20.8 Å². The molecule has 0 unspecified atom stereocenters. The first-order valence-electron chi connectivity index (χ1n) is 3.02. The molecule has 2 heteroatoms. The fourth-order valence-electron chi connectivity index (χ4n) is 0.481. The van der Waals surface area contributed by atoms with Crippen molar-refractivity contribution < 1.29 is 0 Å². The molecule has 0 aliphatic rings. The van der Waals surface area contributed by atoms with E-state index in [9.17, 15) is 0 Å². The smallest absolute Gasteiger partial charge is 0.0960 e. The van der Waals surface area contributed by atoms with Crippen molar-refractivity contribution >= 4 is 0 Å². The lowest BCUT2D eigenvalue weighted by molar-refractivity contribution is 0.520. The molecule has 0 saturated carbocycles. The van der Waals surface area contributed by atoms with E-state index in [0.29, 0.717) is 5.57 Å². The monoisotopic (exact) mass is 134 g/mol. The Kier molecular flexibility index (Phi) is 2.65. The van der Waals surface area contributed by atoms with Gasteiger partial charge in [-0.05, 0) is 5.41 Å². The van der Waals surface area contributed by atoms with E-state index in [1.165, 1.54) is 6.08 Å². The summed E-state index contributed by atoms with van der Waals surface area (Å²) in [4.78, 5) is 0. The zero-order valence-electron chi connectivity index (χ0n) is 6.47. The van der Waals surface area contributed by atoms with E-state index in [-0.39, 0.29) is 5.41 Å². The highest BCUT2D eigenvalue weighted by molar-refractivity contribution is 5.31. The van der Waals surface area contributed by atoms with Crippen molar-refractivity contribution in [3.63, 3.8) is 0 Å². The van der Waals surface area contributed by atoms with Gasteiger partial charge in [0.1, 0.15) is 0 Å². The quantitative estimate of drug-likeness (QED) is 0.476. The van der Waals surface area contributed by atoms with Gasteiger partial charge in [0.05, 0.1) is 12.1 Å². The summed E-state index contributed by atoms with van der Waals surface area (Å²) in [5.74, 6) is 0. The molecule has 0 atom stereocenters. The molecule has 0 saturated heterocycles. The summed E-state index contributed by atoms with van der Waals surface area (Å²) in [7, 11) is 0. The molecular formula is C8H10N2. The molecule has 0 heterocycles. The van der Waals surface area contributed by atoms with Gasteiger partial charge in [0, 0.05) is 11.6 Å².